The van der Waals surface area contributed by atoms with Crippen LogP contribution in [0.1, 0.15) is 71.6 Å². The van der Waals surface area contributed by atoms with Gasteiger partial charge >= 0.3 is 0 Å². The van der Waals surface area contributed by atoms with Gasteiger partial charge in [-0.05, 0) is 23.7 Å². The van der Waals surface area contributed by atoms with Crippen molar-refractivity contribution in [2.45, 2.75) is 71.6 Å². The summed E-state index contributed by atoms with van der Waals surface area (Å²) >= 11 is 0. The molecule has 0 aromatic rings. The molecular weight excluding hydrogens is 348 g/mol. The van der Waals surface area contributed by atoms with Crippen molar-refractivity contribution in [1.82, 2.24) is 0 Å². The lowest BCUT2D eigenvalue weighted by molar-refractivity contribution is -0.119. The number of Topliss-reactive ketones (excluding diaryl/α,β-unsaturated/α-hetero) is 2. The lowest BCUT2D eigenvalue weighted by Gasteiger charge is -2.12. The molecule has 0 amide bonds. The van der Waals surface area contributed by atoms with E-state index in [0.29, 0.717) is 30.8 Å². The Balaban J connectivity index is 0.000000561. The maximum absolute atomic E-state index is 11.7. The highest BCUT2D eigenvalue weighted by molar-refractivity contribution is 7.97. The first kappa shape index (κ1) is 23.6. The van der Waals surface area contributed by atoms with E-state index in [1.807, 2.05) is 6.92 Å². The van der Waals surface area contributed by atoms with Gasteiger partial charge in [0.05, 0.1) is 23.0 Å². The summed E-state index contributed by atoms with van der Waals surface area (Å²) in [6.07, 6.45) is 8.13. The molecule has 24 heavy (non-hydrogen) atoms. The van der Waals surface area contributed by atoms with E-state index in [1.54, 1.807) is 0 Å². The molecule has 0 N–H and O–H groups in total. The van der Waals surface area contributed by atoms with Gasteiger partial charge in [-0.15, -0.1) is 0 Å². The van der Waals surface area contributed by atoms with Gasteiger partial charge in [0.25, 0.3) is 0 Å². The quantitative estimate of drug-likeness (QED) is 0.330. The molecule has 0 aliphatic carbocycles. The van der Waals surface area contributed by atoms with E-state index < -0.39 is 10.1 Å². The molecule has 0 aromatic heterocycles. The average molecular weight is 381 g/mol. The van der Waals surface area contributed by atoms with Gasteiger partial charge in [-0.25, -0.2) is 8.42 Å². The normalized spacial score (nSPS) is 15.7. The predicted octanol–water partition coefficient (Wildman–Crippen LogP) is 2.84. The molecule has 0 atom stereocenters. The summed E-state index contributed by atoms with van der Waals surface area (Å²) in [5.41, 5.74) is 0. The van der Waals surface area contributed by atoms with E-state index in [9.17, 15) is 22.6 Å². The van der Waals surface area contributed by atoms with Gasteiger partial charge in [0.1, 0.15) is 17.3 Å². The molecular formula is C17H32O5S2. The molecule has 1 rings (SSSR count). The van der Waals surface area contributed by atoms with Crippen LogP contribution >= 0.6 is 0 Å². The van der Waals surface area contributed by atoms with Crippen LogP contribution in [0.3, 0.4) is 0 Å². The SMILES string of the molecule is CCCCCCC(=O)C[S+]1CCC(=O)CC1.CCCCS(=O)(=O)[O-]. The number of unbranched alkanes of at least 4 members (excludes halogenated alkanes) is 4. The van der Waals surface area contributed by atoms with E-state index >= 15 is 0 Å². The standard InChI is InChI=1S/C13H23O2S.C4H10O3S/c1-2-3-4-5-6-13(15)11-16-9-7-12(14)8-10-16;1-2-3-4-8(5,6)7/h2-11H2,1H3;2-4H2,1H3,(H,5,6,7)/q+1;/p-1. The fourth-order valence-electron chi connectivity index (χ4n) is 2.26. The number of carbonyl (C=O) groups is 2. The first-order chi connectivity index (χ1) is 11.3. The smallest absolute Gasteiger partial charge is 0.181 e. The summed E-state index contributed by atoms with van der Waals surface area (Å²) in [5, 5.41) is 0. The van der Waals surface area contributed by atoms with Crippen LogP contribution in [0.15, 0.2) is 0 Å². The molecule has 0 bridgehead atoms. The third kappa shape index (κ3) is 15.1. The van der Waals surface area contributed by atoms with E-state index in [0.717, 1.165) is 36.5 Å². The minimum atomic E-state index is -3.94. The van der Waals surface area contributed by atoms with Gasteiger partial charge < -0.3 is 4.55 Å². The second-order valence-corrected chi connectivity index (χ2v) is 10.0. The Bertz CT molecular complexity index is 450. The molecule has 1 saturated heterocycles. The fourth-order valence-corrected chi connectivity index (χ4v) is 5.03. The molecule has 7 heteroatoms. The average Bonchev–Trinajstić information content (AvgIpc) is 2.52. The van der Waals surface area contributed by atoms with Crippen molar-refractivity contribution in [2.75, 3.05) is 23.0 Å². The number of carbonyl (C=O) groups excluding carboxylic acids is 2. The van der Waals surface area contributed by atoms with Crippen LogP contribution in [0.25, 0.3) is 0 Å². The lowest BCUT2D eigenvalue weighted by Crippen LogP contribution is -2.29. The van der Waals surface area contributed by atoms with Gasteiger partial charge in [0.15, 0.2) is 11.5 Å². The molecule has 0 aromatic carbocycles. The topological polar surface area (TPSA) is 91.3 Å². The molecule has 1 aliphatic rings. The molecule has 5 nitrogen and oxygen atoms in total. The summed E-state index contributed by atoms with van der Waals surface area (Å²) in [4.78, 5) is 22.7. The Hall–Kier alpha value is -0.400. The Morgan fingerprint density at radius 1 is 1.04 bits per heavy atom. The van der Waals surface area contributed by atoms with Crippen LogP contribution in [0.2, 0.25) is 0 Å². The van der Waals surface area contributed by atoms with Crippen molar-refractivity contribution in [3.63, 3.8) is 0 Å². The predicted molar refractivity (Wildman–Crippen MR) is 99.4 cm³/mol. The zero-order valence-electron chi connectivity index (χ0n) is 15.1. The summed E-state index contributed by atoms with van der Waals surface area (Å²) in [7, 11) is -3.71. The van der Waals surface area contributed by atoms with Gasteiger partial charge in [-0.2, -0.15) is 0 Å². The lowest BCUT2D eigenvalue weighted by atomic mass is 10.1. The van der Waals surface area contributed by atoms with Crippen molar-refractivity contribution in [2.24, 2.45) is 0 Å². The molecule has 0 saturated carbocycles. The number of rotatable bonds is 10. The summed E-state index contributed by atoms with van der Waals surface area (Å²) in [6.45, 7) is 4.02. The fraction of sp³-hybridized carbons (Fsp3) is 0.882. The van der Waals surface area contributed by atoms with Crippen molar-refractivity contribution in [3.8, 4) is 0 Å². The summed E-state index contributed by atoms with van der Waals surface area (Å²) < 4.78 is 29.5. The zero-order valence-corrected chi connectivity index (χ0v) is 16.7. The number of ketones is 2. The third-order valence-corrected chi connectivity index (χ3v) is 6.84. The van der Waals surface area contributed by atoms with Crippen LogP contribution in [0.5, 0.6) is 0 Å². The Labute approximate surface area is 150 Å². The minimum Gasteiger partial charge on any atom is -0.748 e. The van der Waals surface area contributed by atoms with Crippen LogP contribution < -0.4 is 0 Å². The van der Waals surface area contributed by atoms with E-state index in [4.69, 9.17) is 0 Å². The summed E-state index contributed by atoms with van der Waals surface area (Å²) in [6, 6.07) is 0. The number of hydrogen-bond donors (Lipinski definition) is 0. The highest BCUT2D eigenvalue weighted by atomic mass is 32.2. The van der Waals surface area contributed by atoms with Crippen LogP contribution in [0.4, 0.5) is 0 Å². The molecule has 142 valence electrons. The second-order valence-electron chi connectivity index (χ2n) is 6.17. The van der Waals surface area contributed by atoms with E-state index in [1.165, 1.54) is 19.3 Å². The van der Waals surface area contributed by atoms with Gasteiger partial charge in [0.2, 0.25) is 0 Å². The van der Waals surface area contributed by atoms with Gasteiger partial charge in [0, 0.05) is 12.2 Å². The molecule has 0 spiro atoms. The molecule has 1 aliphatic heterocycles. The summed E-state index contributed by atoms with van der Waals surface area (Å²) in [5.74, 6) is 3.29. The molecule has 0 radical (unpaired) electrons. The Kier molecular flexibility index (Phi) is 13.6. The minimum absolute atomic E-state index is 0.219. The van der Waals surface area contributed by atoms with Crippen molar-refractivity contribution >= 4 is 32.6 Å². The van der Waals surface area contributed by atoms with E-state index in [-0.39, 0.29) is 16.6 Å². The van der Waals surface area contributed by atoms with Crippen LogP contribution in [-0.4, -0.2) is 47.5 Å². The van der Waals surface area contributed by atoms with E-state index in [2.05, 4.69) is 6.92 Å². The first-order valence-corrected chi connectivity index (χ1v) is 12.2. The van der Waals surface area contributed by atoms with Gasteiger partial charge in [-0.3, -0.25) is 9.59 Å². The monoisotopic (exact) mass is 380 g/mol. The molecule has 1 heterocycles. The Morgan fingerprint density at radius 3 is 2.08 bits per heavy atom. The third-order valence-electron chi connectivity index (χ3n) is 3.76. The Morgan fingerprint density at radius 2 is 1.62 bits per heavy atom. The highest BCUT2D eigenvalue weighted by Gasteiger charge is 2.28. The largest absolute Gasteiger partial charge is 0.748 e. The van der Waals surface area contributed by atoms with Crippen LogP contribution in [-0.2, 0) is 30.6 Å². The second kappa shape index (κ2) is 13.8. The maximum Gasteiger partial charge on any atom is 0.181 e. The van der Waals surface area contributed by atoms with Crippen molar-refractivity contribution in [3.05, 3.63) is 0 Å². The highest BCUT2D eigenvalue weighted by Crippen LogP contribution is 2.13. The van der Waals surface area contributed by atoms with Crippen LogP contribution in [0, 0.1) is 0 Å². The molecule has 0 unspecified atom stereocenters. The number of hydrogen-bond acceptors (Lipinski definition) is 5. The van der Waals surface area contributed by atoms with Crippen molar-refractivity contribution in [1.29, 1.82) is 0 Å². The van der Waals surface area contributed by atoms with Gasteiger partial charge in [-0.1, -0.05) is 39.5 Å². The first-order valence-electron chi connectivity index (χ1n) is 8.89. The van der Waals surface area contributed by atoms with Crippen molar-refractivity contribution < 1.29 is 22.6 Å². The molecule has 1 fully saturated rings. The zero-order chi connectivity index (χ0) is 18.4. The maximum atomic E-state index is 11.7.